The molecular weight excluding hydrogens is 247 g/mol. The standard InChI is InChI=1S/C12H8F3NO2/c1-6(17)7-5-16-9-4-2-3-8(12(13,14)15)10(9)11(7)18/h2-5H,1H3,(H,16,18). The highest BCUT2D eigenvalue weighted by Crippen LogP contribution is 2.32. The fraction of sp³-hybridized carbons (Fsp3) is 0.167. The van der Waals surface area contributed by atoms with Crippen LogP contribution in [0.3, 0.4) is 0 Å². The van der Waals surface area contributed by atoms with E-state index < -0.39 is 28.3 Å². The lowest BCUT2D eigenvalue weighted by Crippen LogP contribution is -2.18. The number of carbonyl (C=O) groups is 1. The predicted molar refractivity (Wildman–Crippen MR) is 59.6 cm³/mol. The van der Waals surface area contributed by atoms with Crippen molar-refractivity contribution in [2.24, 2.45) is 0 Å². The fourth-order valence-electron chi connectivity index (χ4n) is 1.77. The summed E-state index contributed by atoms with van der Waals surface area (Å²) in [5, 5.41) is -0.502. The minimum absolute atomic E-state index is 0.0554. The van der Waals surface area contributed by atoms with Crippen LogP contribution in [-0.2, 0) is 6.18 Å². The van der Waals surface area contributed by atoms with E-state index in [0.29, 0.717) is 0 Å². The summed E-state index contributed by atoms with van der Waals surface area (Å²) in [6.45, 7) is 1.13. The van der Waals surface area contributed by atoms with Gasteiger partial charge in [-0.25, -0.2) is 0 Å². The first-order chi connectivity index (χ1) is 8.32. The lowest BCUT2D eigenvalue weighted by atomic mass is 10.0. The van der Waals surface area contributed by atoms with Gasteiger partial charge in [0, 0.05) is 11.7 Å². The Morgan fingerprint density at radius 3 is 2.50 bits per heavy atom. The van der Waals surface area contributed by atoms with Crippen LogP contribution in [0.2, 0.25) is 0 Å². The highest BCUT2D eigenvalue weighted by atomic mass is 19.4. The Hall–Kier alpha value is -2.11. The van der Waals surface area contributed by atoms with Gasteiger partial charge < -0.3 is 4.98 Å². The summed E-state index contributed by atoms with van der Waals surface area (Å²) in [4.78, 5) is 25.6. The number of carbonyl (C=O) groups excluding carboxylic acids is 1. The van der Waals surface area contributed by atoms with Crippen LogP contribution in [0.4, 0.5) is 13.2 Å². The number of H-pyrrole nitrogens is 1. The molecular formula is C12H8F3NO2. The van der Waals surface area contributed by atoms with Crippen LogP contribution in [0.25, 0.3) is 10.9 Å². The van der Waals surface area contributed by atoms with Gasteiger partial charge in [0.15, 0.2) is 5.78 Å². The average molecular weight is 255 g/mol. The minimum atomic E-state index is -4.64. The van der Waals surface area contributed by atoms with Crippen molar-refractivity contribution in [2.45, 2.75) is 13.1 Å². The number of hydrogen-bond donors (Lipinski definition) is 1. The number of aromatic amines is 1. The third-order valence-corrected chi connectivity index (χ3v) is 2.59. The molecule has 0 spiro atoms. The molecule has 0 saturated carbocycles. The molecule has 1 N–H and O–H groups in total. The number of ketones is 1. The maximum Gasteiger partial charge on any atom is 0.417 e. The molecule has 3 nitrogen and oxygen atoms in total. The molecule has 0 amide bonds. The number of halogens is 3. The molecule has 0 saturated heterocycles. The van der Waals surface area contributed by atoms with Crippen molar-refractivity contribution in [3.05, 3.63) is 45.7 Å². The van der Waals surface area contributed by atoms with Crippen molar-refractivity contribution in [1.82, 2.24) is 4.98 Å². The Morgan fingerprint density at radius 1 is 1.28 bits per heavy atom. The second-order valence-corrected chi connectivity index (χ2v) is 3.81. The Balaban J connectivity index is 2.95. The Labute approximate surface area is 99.2 Å². The third-order valence-electron chi connectivity index (χ3n) is 2.59. The van der Waals surface area contributed by atoms with E-state index in [1.165, 1.54) is 12.1 Å². The number of benzene rings is 1. The largest absolute Gasteiger partial charge is 0.417 e. The van der Waals surface area contributed by atoms with E-state index in [0.717, 1.165) is 19.2 Å². The maximum absolute atomic E-state index is 12.8. The van der Waals surface area contributed by atoms with Gasteiger partial charge in [-0.1, -0.05) is 6.07 Å². The van der Waals surface area contributed by atoms with Crippen molar-refractivity contribution in [3.8, 4) is 0 Å². The number of fused-ring (bicyclic) bond motifs is 1. The summed E-state index contributed by atoms with van der Waals surface area (Å²) in [7, 11) is 0. The van der Waals surface area contributed by atoms with Gasteiger partial charge in [-0.15, -0.1) is 0 Å². The van der Waals surface area contributed by atoms with Gasteiger partial charge in [0.1, 0.15) is 0 Å². The molecule has 0 bridgehead atoms. The molecule has 6 heteroatoms. The fourth-order valence-corrected chi connectivity index (χ4v) is 1.77. The second-order valence-electron chi connectivity index (χ2n) is 3.81. The molecule has 0 aliphatic rings. The SMILES string of the molecule is CC(=O)c1c[nH]c2cccc(C(F)(F)F)c2c1=O. The normalized spacial score (nSPS) is 11.8. The van der Waals surface area contributed by atoms with Crippen LogP contribution in [0.5, 0.6) is 0 Å². The van der Waals surface area contributed by atoms with Crippen molar-refractivity contribution in [2.75, 3.05) is 0 Å². The van der Waals surface area contributed by atoms with E-state index in [1.807, 2.05) is 0 Å². The van der Waals surface area contributed by atoms with Crippen LogP contribution in [0.1, 0.15) is 22.8 Å². The summed E-state index contributed by atoms with van der Waals surface area (Å²) in [5.74, 6) is -0.574. The number of nitrogens with one attached hydrogen (secondary N) is 1. The van der Waals surface area contributed by atoms with Crippen LogP contribution in [0, 0.1) is 0 Å². The number of pyridine rings is 1. The summed E-state index contributed by atoms with van der Waals surface area (Å²) in [6, 6.07) is 3.38. The number of aromatic nitrogens is 1. The summed E-state index contributed by atoms with van der Waals surface area (Å²) >= 11 is 0. The number of rotatable bonds is 1. The van der Waals surface area contributed by atoms with E-state index in [-0.39, 0.29) is 11.1 Å². The maximum atomic E-state index is 12.8. The van der Waals surface area contributed by atoms with Gasteiger partial charge in [0.2, 0.25) is 5.43 Å². The van der Waals surface area contributed by atoms with E-state index in [1.54, 1.807) is 0 Å². The summed E-state index contributed by atoms with van der Waals surface area (Å²) in [6.07, 6.45) is -3.50. The minimum Gasteiger partial charge on any atom is -0.360 e. The summed E-state index contributed by atoms with van der Waals surface area (Å²) in [5.41, 5.74) is -2.16. The van der Waals surface area contributed by atoms with Gasteiger partial charge in [-0.2, -0.15) is 13.2 Å². The number of hydrogen-bond acceptors (Lipinski definition) is 2. The zero-order chi connectivity index (χ0) is 13.5. The lowest BCUT2D eigenvalue weighted by Gasteiger charge is -2.10. The highest BCUT2D eigenvalue weighted by Gasteiger charge is 2.33. The molecule has 0 atom stereocenters. The molecule has 2 aromatic rings. The molecule has 94 valence electrons. The van der Waals surface area contributed by atoms with Gasteiger partial charge >= 0.3 is 6.18 Å². The first kappa shape index (κ1) is 12.3. The predicted octanol–water partition coefficient (Wildman–Crippen LogP) is 2.75. The molecule has 1 aromatic carbocycles. The zero-order valence-electron chi connectivity index (χ0n) is 9.26. The molecule has 0 aliphatic heterocycles. The van der Waals surface area contributed by atoms with E-state index in [9.17, 15) is 22.8 Å². The zero-order valence-corrected chi connectivity index (χ0v) is 9.26. The molecule has 0 aliphatic carbocycles. The molecule has 18 heavy (non-hydrogen) atoms. The van der Waals surface area contributed by atoms with Crippen LogP contribution in [-0.4, -0.2) is 10.8 Å². The smallest absolute Gasteiger partial charge is 0.360 e. The van der Waals surface area contributed by atoms with Gasteiger partial charge in [-0.05, 0) is 19.1 Å². The summed E-state index contributed by atoms with van der Waals surface area (Å²) < 4.78 is 38.4. The third kappa shape index (κ3) is 1.90. The average Bonchev–Trinajstić information content (AvgIpc) is 2.27. The van der Waals surface area contributed by atoms with Crippen molar-refractivity contribution >= 4 is 16.7 Å². The molecule has 1 aromatic heterocycles. The Bertz CT molecular complexity index is 686. The Morgan fingerprint density at radius 2 is 1.94 bits per heavy atom. The molecule has 0 unspecified atom stereocenters. The first-order valence-electron chi connectivity index (χ1n) is 5.05. The second kappa shape index (κ2) is 3.97. The molecule has 2 rings (SSSR count). The van der Waals surface area contributed by atoms with Gasteiger partial charge in [0.05, 0.1) is 16.5 Å². The van der Waals surface area contributed by atoms with E-state index in [2.05, 4.69) is 4.98 Å². The Kier molecular flexibility index (Phi) is 2.73. The topological polar surface area (TPSA) is 49.9 Å². The number of Topliss-reactive ketones (excluding diaryl/α,β-unsaturated/α-hetero) is 1. The van der Waals surface area contributed by atoms with E-state index in [4.69, 9.17) is 0 Å². The van der Waals surface area contributed by atoms with E-state index >= 15 is 0 Å². The first-order valence-corrected chi connectivity index (χ1v) is 5.05. The van der Waals surface area contributed by atoms with Crippen LogP contribution in [0.15, 0.2) is 29.2 Å². The van der Waals surface area contributed by atoms with Crippen LogP contribution < -0.4 is 5.43 Å². The van der Waals surface area contributed by atoms with Crippen molar-refractivity contribution in [1.29, 1.82) is 0 Å². The number of alkyl halides is 3. The van der Waals surface area contributed by atoms with Crippen molar-refractivity contribution in [3.63, 3.8) is 0 Å². The monoisotopic (exact) mass is 255 g/mol. The lowest BCUT2D eigenvalue weighted by molar-refractivity contribution is -0.136. The quantitative estimate of drug-likeness (QED) is 0.796. The van der Waals surface area contributed by atoms with Gasteiger partial charge in [-0.3, -0.25) is 9.59 Å². The van der Waals surface area contributed by atoms with Gasteiger partial charge in [0.25, 0.3) is 0 Å². The molecule has 0 fully saturated rings. The molecule has 0 radical (unpaired) electrons. The molecule has 1 heterocycles. The van der Waals surface area contributed by atoms with Crippen LogP contribution >= 0.6 is 0 Å². The highest BCUT2D eigenvalue weighted by molar-refractivity contribution is 5.97. The van der Waals surface area contributed by atoms with Crippen molar-refractivity contribution < 1.29 is 18.0 Å².